The predicted octanol–water partition coefficient (Wildman–Crippen LogP) is 3.46. The molecule has 178 valence electrons. The van der Waals surface area contributed by atoms with E-state index in [1.807, 2.05) is 6.92 Å². The fourth-order valence-corrected chi connectivity index (χ4v) is 5.34. The number of rotatable bonds is 10. The SMILES string of the molecule is CCC(C(=O)Cc1ccc(-c2cncc(OC)n2)cc1F)c1ccnc(CS(=O)(=O)C2CC2)n1. The topological polar surface area (TPSA) is 112 Å². The van der Waals surface area contributed by atoms with Crippen molar-refractivity contribution in [1.82, 2.24) is 19.9 Å². The van der Waals surface area contributed by atoms with Gasteiger partial charge in [-0.15, -0.1) is 0 Å². The number of Topliss-reactive ketones (excluding diaryl/α,β-unsaturated/α-hetero) is 1. The van der Waals surface area contributed by atoms with Crippen LogP contribution in [0.1, 0.15) is 49.2 Å². The first-order valence-corrected chi connectivity index (χ1v) is 12.7. The molecule has 1 aromatic carbocycles. The number of carbonyl (C=O) groups excluding carboxylic acids is 1. The van der Waals surface area contributed by atoms with E-state index in [0.29, 0.717) is 42.1 Å². The molecule has 0 saturated heterocycles. The minimum absolute atomic E-state index is 0.117. The fraction of sp³-hybridized carbons (Fsp3) is 0.375. The summed E-state index contributed by atoms with van der Waals surface area (Å²) in [5, 5.41) is -0.308. The summed E-state index contributed by atoms with van der Waals surface area (Å²) >= 11 is 0. The molecular formula is C24H25FN4O4S. The Morgan fingerprint density at radius 2 is 2.00 bits per heavy atom. The van der Waals surface area contributed by atoms with E-state index in [9.17, 15) is 17.6 Å². The van der Waals surface area contributed by atoms with Crippen LogP contribution in [0.25, 0.3) is 11.3 Å². The number of hydrogen-bond donors (Lipinski definition) is 0. The summed E-state index contributed by atoms with van der Waals surface area (Å²) in [5.41, 5.74) is 1.68. The second-order valence-electron chi connectivity index (χ2n) is 8.26. The van der Waals surface area contributed by atoms with Gasteiger partial charge >= 0.3 is 0 Å². The van der Waals surface area contributed by atoms with Gasteiger partial charge in [-0.3, -0.25) is 9.78 Å². The molecule has 1 atom stereocenters. The Hall–Kier alpha value is -3.27. The lowest BCUT2D eigenvalue weighted by Gasteiger charge is -2.15. The van der Waals surface area contributed by atoms with Crippen LogP contribution in [0.5, 0.6) is 5.88 Å². The van der Waals surface area contributed by atoms with Crippen molar-refractivity contribution >= 4 is 15.6 Å². The van der Waals surface area contributed by atoms with Crippen molar-refractivity contribution in [3.63, 3.8) is 0 Å². The smallest absolute Gasteiger partial charge is 0.232 e. The van der Waals surface area contributed by atoms with Crippen molar-refractivity contribution in [2.45, 2.75) is 49.5 Å². The maximum Gasteiger partial charge on any atom is 0.232 e. The molecule has 0 bridgehead atoms. The fourth-order valence-electron chi connectivity index (χ4n) is 3.75. The molecule has 1 fully saturated rings. The number of ether oxygens (including phenoxy) is 1. The van der Waals surface area contributed by atoms with Gasteiger partial charge in [-0.05, 0) is 37.0 Å². The van der Waals surface area contributed by atoms with Crippen LogP contribution in [0.2, 0.25) is 0 Å². The summed E-state index contributed by atoms with van der Waals surface area (Å²) in [5.74, 6) is -1.05. The van der Waals surface area contributed by atoms with Crippen molar-refractivity contribution < 1.29 is 22.3 Å². The van der Waals surface area contributed by atoms with E-state index in [1.165, 1.54) is 31.8 Å². The molecule has 0 aliphatic heterocycles. The number of sulfone groups is 1. The van der Waals surface area contributed by atoms with Crippen LogP contribution < -0.4 is 4.74 Å². The van der Waals surface area contributed by atoms with E-state index in [0.717, 1.165) is 0 Å². The molecule has 1 aliphatic rings. The van der Waals surface area contributed by atoms with Gasteiger partial charge in [-0.25, -0.2) is 27.8 Å². The summed E-state index contributed by atoms with van der Waals surface area (Å²) < 4.78 is 44.5. The molecule has 0 spiro atoms. The van der Waals surface area contributed by atoms with Crippen LogP contribution in [-0.2, 0) is 26.8 Å². The number of methoxy groups -OCH3 is 1. The van der Waals surface area contributed by atoms with Crippen LogP contribution in [-0.4, -0.2) is 46.5 Å². The third-order valence-corrected chi connectivity index (χ3v) is 7.93. The van der Waals surface area contributed by atoms with Crippen LogP contribution in [0.15, 0.2) is 42.9 Å². The largest absolute Gasteiger partial charge is 0.480 e. The first-order chi connectivity index (χ1) is 16.3. The van der Waals surface area contributed by atoms with Gasteiger partial charge < -0.3 is 4.74 Å². The molecule has 1 aliphatic carbocycles. The highest BCUT2D eigenvalue weighted by atomic mass is 32.2. The second kappa shape index (κ2) is 9.92. The first-order valence-electron chi connectivity index (χ1n) is 11.0. The highest BCUT2D eigenvalue weighted by Crippen LogP contribution is 2.31. The summed E-state index contributed by atoms with van der Waals surface area (Å²) in [6.45, 7) is 1.84. The maximum atomic E-state index is 14.9. The third-order valence-electron chi connectivity index (χ3n) is 5.78. The molecule has 34 heavy (non-hydrogen) atoms. The number of ketones is 1. The summed E-state index contributed by atoms with van der Waals surface area (Å²) in [4.78, 5) is 29.8. The van der Waals surface area contributed by atoms with Crippen molar-refractivity contribution in [2.75, 3.05) is 7.11 Å². The van der Waals surface area contributed by atoms with E-state index < -0.39 is 21.6 Å². The monoisotopic (exact) mass is 484 g/mol. The lowest BCUT2D eigenvalue weighted by Crippen LogP contribution is -2.18. The quantitative estimate of drug-likeness (QED) is 0.430. The van der Waals surface area contributed by atoms with Crippen molar-refractivity contribution in [1.29, 1.82) is 0 Å². The van der Waals surface area contributed by atoms with Gasteiger partial charge in [-0.1, -0.05) is 19.1 Å². The van der Waals surface area contributed by atoms with Crippen LogP contribution in [0, 0.1) is 5.82 Å². The summed E-state index contributed by atoms with van der Waals surface area (Å²) in [6.07, 6.45) is 6.11. The number of aromatic nitrogens is 4. The standard InChI is InChI=1S/C24H25FN4O4S/c1-3-18(20-8-9-27-23(28-20)14-34(31,32)17-6-7-17)22(30)11-15-4-5-16(10-19(15)25)21-12-26-13-24(29-21)33-2/h4-5,8-10,12-13,17-18H,3,6-7,11,14H2,1-2H3. The highest BCUT2D eigenvalue weighted by molar-refractivity contribution is 7.91. The van der Waals surface area contributed by atoms with E-state index in [4.69, 9.17) is 4.74 Å². The second-order valence-corrected chi connectivity index (χ2v) is 10.5. The molecule has 2 heterocycles. The van der Waals surface area contributed by atoms with Crippen LogP contribution >= 0.6 is 0 Å². The molecule has 1 unspecified atom stereocenters. The number of benzene rings is 1. The van der Waals surface area contributed by atoms with E-state index in [1.54, 1.807) is 18.2 Å². The molecular weight excluding hydrogens is 459 g/mol. The average molecular weight is 485 g/mol. The van der Waals surface area contributed by atoms with E-state index >= 15 is 0 Å². The Balaban J connectivity index is 1.50. The zero-order valence-corrected chi connectivity index (χ0v) is 19.8. The number of halogens is 1. The molecule has 0 radical (unpaired) electrons. The van der Waals surface area contributed by atoms with Crippen molar-refractivity contribution in [2.24, 2.45) is 0 Å². The Kier molecular flexibility index (Phi) is 6.97. The number of carbonyl (C=O) groups is 1. The Morgan fingerprint density at radius 1 is 1.21 bits per heavy atom. The Bertz CT molecular complexity index is 1310. The lowest BCUT2D eigenvalue weighted by atomic mass is 9.92. The number of nitrogens with zero attached hydrogens (tertiary/aromatic N) is 4. The lowest BCUT2D eigenvalue weighted by molar-refractivity contribution is -0.120. The van der Waals surface area contributed by atoms with Gasteiger partial charge in [0.05, 0.1) is 42.1 Å². The van der Waals surface area contributed by atoms with Crippen LogP contribution in [0.3, 0.4) is 0 Å². The van der Waals surface area contributed by atoms with Gasteiger partial charge in [-0.2, -0.15) is 0 Å². The predicted molar refractivity (Wildman–Crippen MR) is 123 cm³/mol. The molecule has 8 nitrogen and oxygen atoms in total. The minimum atomic E-state index is -3.27. The summed E-state index contributed by atoms with van der Waals surface area (Å²) in [6, 6.07) is 6.17. The Labute approximate surface area is 197 Å². The molecule has 0 N–H and O–H groups in total. The molecule has 2 aromatic heterocycles. The first kappa shape index (κ1) is 23.9. The highest BCUT2D eigenvalue weighted by Gasteiger charge is 2.36. The molecule has 4 rings (SSSR count). The van der Waals surface area contributed by atoms with Gasteiger partial charge in [0.15, 0.2) is 9.84 Å². The zero-order chi connectivity index (χ0) is 24.3. The average Bonchev–Trinajstić information content (AvgIpc) is 3.67. The van der Waals surface area contributed by atoms with E-state index in [2.05, 4.69) is 19.9 Å². The third kappa shape index (κ3) is 5.44. The van der Waals surface area contributed by atoms with Crippen LogP contribution in [0.4, 0.5) is 4.39 Å². The zero-order valence-electron chi connectivity index (χ0n) is 18.9. The van der Waals surface area contributed by atoms with Crippen molar-refractivity contribution in [3.8, 4) is 17.1 Å². The van der Waals surface area contributed by atoms with E-state index in [-0.39, 0.29) is 34.6 Å². The maximum absolute atomic E-state index is 14.9. The van der Waals surface area contributed by atoms with Gasteiger partial charge in [0.2, 0.25) is 5.88 Å². The molecule has 0 amide bonds. The minimum Gasteiger partial charge on any atom is -0.480 e. The van der Waals surface area contributed by atoms with Gasteiger partial charge in [0, 0.05) is 18.2 Å². The number of hydrogen-bond acceptors (Lipinski definition) is 8. The summed E-state index contributed by atoms with van der Waals surface area (Å²) in [7, 11) is -1.80. The van der Waals surface area contributed by atoms with Gasteiger partial charge in [0.1, 0.15) is 23.2 Å². The van der Waals surface area contributed by atoms with Crippen molar-refractivity contribution in [3.05, 3.63) is 65.8 Å². The molecule has 3 aromatic rings. The normalized spacial score (nSPS) is 14.6. The Morgan fingerprint density at radius 3 is 2.68 bits per heavy atom. The van der Waals surface area contributed by atoms with Gasteiger partial charge in [0.25, 0.3) is 0 Å². The molecule has 10 heteroatoms. The molecule has 1 saturated carbocycles.